The summed E-state index contributed by atoms with van der Waals surface area (Å²) in [6, 6.07) is 6.51. The van der Waals surface area contributed by atoms with Gasteiger partial charge in [0.1, 0.15) is 4.90 Å². The van der Waals surface area contributed by atoms with Crippen LogP contribution in [0.3, 0.4) is 0 Å². The molecule has 0 aliphatic carbocycles. The van der Waals surface area contributed by atoms with E-state index < -0.39 is 10.0 Å². The second kappa shape index (κ2) is 7.99. The summed E-state index contributed by atoms with van der Waals surface area (Å²) in [7, 11) is -3.56. The number of amides is 1. The zero-order chi connectivity index (χ0) is 15.9. The van der Waals surface area contributed by atoms with Gasteiger partial charge in [-0.2, -0.15) is 0 Å². The van der Waals surface area contributed by atoms with E-state index in [1.165, 1.54) is 6.07 Å². The van der Waals surface area contributed by atoms with Gasteiger partial charge < -0.3 is 10.6 Å². The van der Waals surface area contributed by atoms with E-state index in [0.29, 0.717) is 24.7 Å². The van der Waals surface area contributed by atoms with Crippen LogP contribution in [0, 0.1) is 5.92 Å². The molecule has 7 heteroatoms. The van der Waals surface area contributed by atoms with Gasteiger partial charge in [0.2, 0.25) is 15.9 Å². The van der Waals surface area contributed by atoms with Crippen LogP contribution in [0.25, 0.3) is 0 Å². The van der Waals surface area contributed by atoms with Crippen LogP contribution in [0.5, 0.6) is 0 Å². The number of rotatable bonds is 8. The molecule has 0 aliphatic rings. The molecule has 0 bridgehead atoms. The molecule has 0 spiro atoms. The van der Waals surface area contributed by atoms with Crippen LogP contribution in [0.2, 0.25) is 0 Å². The normalized spacial score (nSPS) is 11.4. The van der Waals surface area contributed by atoms with Gasteiger partial charge in [0.05, 0.1) is 12.2 Å². The fourth-order valence-electron chi connectivity index (χ4n) is 1.67. The number of hydrogen-bond donors (Lipinski definition) is 3. The maximum Gasteiger partial charge on any atom is 0.242 e. The molecular weight excluding hydrogens is 290 g/mol. The fourth-order valence-corrected chi connectivity index (χ4v) is 2.89. The topological polar surface area (TPSA) is 87.3 Å². The molecule has 21 heavy (non-hydrogen) atoms. The second-order valence-corrected chi connectivity index (χ2v) is 6.78. The Balaban J connectivity index is 2.74. The van der Waals surface area contributed by atoms with Gasteiger partial charge in [0.15, 0.2) is 0 Å². The monoisotopic (exact) mass is 313 g/mol. The van der Waals surface area contributed by atoms with Crippen molar-refractivity contribution in [2.75, 3.05) is 25.0 Å². The summed E-state index contributed by atoms with van der Waals surface area (Å²) in [4.78, 5) is 11.8. The van der Waals surface area contributed by atoms with Gasteiger partial charge >= 0.3 is 0 Å². The first kappa shape index (κ1) is 17.5. The summed E-state index contributed by atoms with van der Waals surface area (Å²) in [6.07, 6.45) is 0. The molecule has 6 nitrogen and oxygen atoms in total. The lowest BCUT2D eigenvalue weighted by molar-refractivity contribution is -0.119. The predicted octanol–water partition coefficient (Wildman–Crippen LogP) is 1.17. The lowest BCUT2D eigenvalue weighted by Gasteiger charge is -2.13. The Morgan fingerprint density at radius 3 is 2.52 bits per heavy atom. The molecule has 0 fully saturated rings. The van der Waals surface area contributed by atoms with Crippen molar-refractivity contribution in [2.24, 2.45) is 5.92 Å². The number of sulfonamides is 1. The van der Waals surface area contributed by atoms with Crippen molar-refractivity contribution in [3.8, 4) is 0 Å². The summed E-state index contributed by atoms with van der Waals surface area (Å²) in [5, 5.41) is 5.64. The average Bonchev–Trinajstić information content (AvgIpc) is 2.43. The fraction of sp³-hybridized carbons (Fsp3) is 0.500. The summed E-state index contributed by atoms with van der Waals surface area (Å²) in [5.74, 6) is 0.203. The standard InChI is InChI=1S/C14H23N3O3S/c1-4-17-21(19,20)13-8-6-5-7-12(13)15-10-14(18)16-9-11(2)3/h5-8,11,15,17H,4,9-10H2,1-3H3,(H,16,18). The number of benzene rings is 1. The van der Waals surface area contributed by atoms with Crippen LogP contribution in [0.15, 0.2) is 29.2 Å². The third-order valence-electron chi connectivity index (χ3n) is 2.66. The molecule has 0 unspecified atom stereocenters. The van der Waals surface area contributed by atoms with Gasteiger partial charge in [-0.05, 0) is 18.1 Å². The SMILES string of the molecule is CCNS(=O)(=O)c1ccccc1NCC(=O)NCC(C)C. The Kier molecular flexibility index (Phi) is 6.64. The van der Waals surface area contributed by atoms with Crippen LogP contribution >= 0.6 is 0 Å². The first-order chi connectivity index (χ1) is 9.86. The minimum Gasteiger partial charge on any atom is -0.375 e. The number of anilines is 1. The Bertz CT molecular complexity index is 571. The molecule has 3 N–H and O–H groups in total. The van der Waals surface area contributed by atoms with E-state index >= 15 is 0 Å². The quantitative estimate of drug-likeness (QED) is 0.672. The van der Waals surface area contributed by atoms with Crippen molar-refractivity contribution in [3.05, 3.63) is 24.3 Å². The second-order valence-electron chi connectivity index (χ2n) is 5.05. The molecule has 118 valence electrons. The van der Waals surface area contributed by atoms with E-state index in [2.05, 4.69) is 15.4 Å². The van der Waals surface area contributed by atoms with E-state index in [0.717, 1.165) is 0 Å². The highest BCUT2D eigenvalue weighted by Crippen LogP contribution is 2.20. The molecule has 0 aliphatic heterocycles. The minimum atomic E-state index is -3.56. The van der Waals surface area contributed by atoms with Gasteiger partial charge in [-0.15, -0.1) is 0 Å². The van der Waals surface area contributed by atoms with Crippen molar-refractivity contribution in [2.45, 2.75) is 25.7 Å². The smallest absolute Gasteiger partial charge is 0.242 e. The molecule has 1 aromatic carbocycles. The summed E-state index contributed by atoms with van der Waals surface area (Å²) in [5.41, 5.74) is 0.415. The molecule has 1 rings (SSSR count). The van der Waals surface area contributed by atoms with Crippen LogP contribution in [0.1, 0.15) is 20.8 Å². The highest BCUT2D eigenvalue weighted by atomic mass is 32.2. The van der Waals surface area contributed by atoms with Crippen molar-refractivity contribution in [1.29, 1.82) is 0 Å². The van der Waals surface area contributed by atoms with Crippen LogP contribution in [-0.4, -0.2) is 34.0 Å². The molecule has 1 amide bonds. The summed E-state index contributed by atoms with van der Waals surface area (Å²) in [6.45, 7) is 6.67. The number of carbonyl (C=O) groups excluding carboxylic acids is 1. The Labute approximate surface area is 126 Å². The Morgan fingerprint density at radius 1 is 1.24 bits per heavy atom. The highest BCUT2D eigenvalue weighted by Gasteiger charge is 2.17. The van der Waals surface area contributed by atoms with E-state index in [-0.39, 0.29) is 17.3 Å². The highest BCUT2D eigenvalue weighted by molar-refractivity contribution is 7.89. The van der Waals surface area contributed by atoms with Gasteiger partial charge in [-0.25, -0.2) is 13.1 Å². The summed E-state index contributed by atoms with van der Waals surface area (Å²) < 4.78 is 26.6. The molecule has 0 saturated heterocycles. The predicted molar refractivity (Wildman–Crippen MR) is 83.6 cm³/mol. The number of para-hydroxylation sites is 1. The molecule has 1 aromatic rings. The van der Waals surface area contributed by atoms with Crippen molar-refractivity contribution >= 4 is 21.6 Å². The largest absolute Gasteiger partial charge is 0.375 e. The zero-order valence-corrected chi connectivity index (χ0v) is 13.5. The molecule has 0 heterocycles. The lowest BCUT2D eigenvalue weighted by Crippen LogP contribution is -2.33. The maximum absolute atomic E-state index is 12.1. The van der Waals surface area contributed by atoms with Crippen molar-refractivity contribution < 1.29 is 13.2 Å². The minimum absolute atomic E-state index is 0.0331. The molecular formula is C14H23N3O3S. The van der Waals surface area contributed by atoms with E-state index in [1.54, 1.807) is 25.1 Å². The molecule has 0 atom stereocenters. The lowest BCUT2D eigenvalue weighted by atomic mass is 10.2. The first-order valence-corrected chi connectivity index (χ1v) is 8.44. The third-order valence-corrected chi connectivity index (χ3v) is 4.26. The zero-order valence-electron chi connectivity index (χ0n) is 12.6. The van der Waals surface area contributed by atoms with Gasteiger partial charge in [-0.1, -0.05) is 32.9 Å². The molecule has 0 saturated carbocycles. The average molecular weight is 313 g/mol. The molecule has 0 aromatic heterocycles. The van der Waals surface area contributed by atoms with Crippen LogP contribution in [-0.2, 0) is 14.8 Å². The van der Waals surface area contributed by atoms with Gasteiger partial charge in [-0.3, -0.25) is 4.79 Å². The number of nitrogens with one attached hydrogen (secondary N) is 3. The van der Waals surface area contributed by atoms with Crippen LogP contribution in [0.4, 0.5) is 5.69 Å². The third kappa shape index (κ3) is 5.73. The maximum atomic E-state index is 12.1. The van der Waals surface area contributed by atoms with Crippen molar-refractivity contribution in [3.63, 3.8) is 0 Å². The Morgan fingerprint density at radius 2 is 1.90 bits per heavy atom. The molecule has 0 radical (unpaired) electrons. The van der Waals surface area contributed by atoms with E-state index in [9.17, 15) is 13.2 Å². The summed E-state index contributed by atoms with van der Waals surface area (Å²) >= 11 is 0. The Hall–Kier alpha value is -1.60. The van der Waals surface area contributed by atoms with Gasteiger partial charge in [0.25, 0.3) is 0 Å². The van der Waals surface area contributed by atoms with Gasteiger partial charge in [0, 0.05) is 13.1 Å². The number of hydrogen-bond acceptors (Lipinski definition) is 4. The first-order valence-electron chi connectivity index (χ1n) is 6.96. The van der Waals surface area contributed by atoms with Crippen LogP contribution < -0.4 is 15.4 Å². The van der Waals surface area contributed by atoms with Crippen molar-refractivity contribution in [1.82, 2.24) is 10.0 Å². The number of carbonyl (C=O) groups is 1. The van der Waals surface area contributed by atoms with E-state index in [1.807, 2.05) is 13.8 Å². The van der Waals surface area contributed by atoms with E-state index in [4.69, 9.17) is 0 Å².